The van der Waals surface area contributed by atoms with Crippen LogP contribution in [-0.4, -0.2) is 36.1 Å². The van der Waals surface area contributed by atoms with Crippen molar-refractivity contribution in [1.82, 2.24) is 5.32 Å². The van der Waals surface area contributed by atoms with Gasteiger partial charge < -0.3 is 10.2 Å². The molecule has 2 saturated heterocycles. The highest BCUT2D eigenvalue weighted by Crippen LogP contribution is 2.20. The van der Waals surface area contributed by atoms with E-state index in [0.717, 1.165) is 18.7 Å². The number of carbonyl (C=O) groups is 1. The first-order chi connectivity index (χ1) is 9.81. The minimum Gasteiger partial charge on any atom is -0.372 e. The Hall–Kier alpha value is -1.82. The molecule has 2 heterocycles. The summed E-state index contributed by atoms with van der Waals surface area (Å²) in [6.07, 6.45) is 4.26. The molecule has 20 heavy (non-hydrogen) atoms. The maximum Gasteiger partial charge on any atom is 0.236 e. The molecule has 1 N–H and O–H groups in total. The normalized spacial score (nSPS) is 21.1. The van der Waals surface area contributed by atoms with Crippen molar-refractivity contribution in [2.24, 2.45) is 10.2 Å². The van der Waals surface area contributed by atoms with Gasteiger partial charge in [-0.25, -0.2) is 0 Å². The maximum atomic E-state index is 11.0. The van der Waals surface area contributed by atoms with Crippen molar-refractivity contribution in [3.05, 3.63) is 29.8 Å². The molecule has 5 nitrogen and oxygen atoms in total. The second-order valence-corrected chi connectivity index (χ2v) is 5.74. The van der Waals surface area contributed by atoms with Crippen molar-refractivity contribution in [3.63, 3.8) is 0 Å². The Bertz CT molecular complexity index is 547. The number of thioether (sulfide) groups is 1. The lowest BCUT2D eigenvalue weighted by Gasteiger charge is -2.17. The molecule has 6 heteroatoms. The number of amidine groups is 1. The van der Waals surface area contributed by atoms with Crippen molar-refractivity contribution in [2.45, 2.75) is 12.8 Å². The van der Waals surface area contributed by atoms with Crippen molar-refractivity contribution < 1.29 is 4.79 Å². The molecule has 0 bridgehead atoms. The molecule has 0 spiro atoms. The quantitative estimate of drug-likeness (QED) is 0.682. The third kappa shape index (κ3) is 3.19. The summed E-state index contributed by atoms with van der Waals surface area (Å²) in [6.45, 7) is 2.30. The van der Waals surface area contributed by atoms with Gasteiger partial charge in [0.2, 0.25) is 5.91 Å². The largest absolute Gasteiger partial charge is 0.372 e. The summed E-state index contributed by atoms with van der Waals surface area (Å²) in [5, 5.41) is 11.2. The highest BCUT2D eigenvalue weighted by atomic mass is 32.2. The third-order valence-electron chi connectivity index (χ3n) is 3.31. The number of anilines is 1. The number of hydrogen-bond donors (Lipinski definition) is 1. The number of nitrogens with one attached hydrogen (secondary N) is 1. The monoisotopic (exact) mass is 288 g/mol. The molecular weight excluding hydrogens is 272 g/mol. The van der Waals surface area contributed by atoms with E-state index < -0.39 is 0 Å². The van der Waals surface area contributed by atoms with E-state index in [1.807, 2.05) is 12.1 Å². The topological polar surface area (TPSA) is 57.1 Å². The zero-order chi connectivity index (χ0) is 13.8. The molecule has 2 aliphatic heterocycles. The van der Waals surface area contributed by atoms with E-state index in [0.29, 0.717) is 10.9 Å². The Morgan fingerprint density at radius 2 is 1.95 bits per heavy atom. The molecule has 104 valence electrons. The van der Waals surface area contributed by atoms with Gasteiger partial charge in [-0.15, -0.1) is 5.10 Å². The number of benzene rings is 1. The van der Waals surface area contributed by atoms with Crippen LogP contribution >= 0.6 is 11.8 Å². The molecule has 0 atom stereocenters. The van der Waals surface area contributed by atoms with Gasteiger partial charge in [0.1, 0.15) is 0 Å². The van der Waals surface area contributed by atoms with Gasteiger partial charge in [0, 0.05) is 18.8 Å². The summed E-state index contributed by atoms with van der Waals surface area (Å²) in [5.74, 6) is 0.415. The molecule has 0 unspecified atom stereocenters. The first-order valence-corrected chi connectivity index (χ1v) is 7.68. The lowest BCUT2D eigenvalue weighted by molar-refractivity contribution is -0.116. The van der Waals surface area contributed by atoms with Crippen LogP contribution in [0.15, 0.2) is 34.5 Å². The Morgan fingerprint density at radius 1 is 1.20 bits per heavy atom. The summed E-state index contributed by atoms with van der Waals surface area (Å²) >= 11 is 1.37. The van der Waals surface area contributed by atoms with E-state index in [9.17, 15) is 4.79 Å². The first kappa shape index (κ1) is 13.2. The van der Waals surface area contributed by atoms with Crippen LogP contribution < -0.4 is 10.2 Å². The van der Waals surface area contributed by atoms with Gasteiger partial charge in [-0.1, -0.05) is 23.9 Å². The lowest BCUT2D eigenvalue weighted by atomic mass is 10.2. The van der Waals surface area contributed by atoms with Crippen molar-refractivity contribution in [1.29, 1.82) is 0 Å². The van der Waals surface area contributed by atoms with Crippen LogP contribution in [0, 0.1) is 0 Å². The van der Waals surface area contributed by atoms with Gasteiger partial charge in [0.15, 0.2) is 5.17 Å². The van der Waals surface area contributed by atoms with Gasteiger partial charge in [0.25, 0.3) is 0 Å². The fraction of sp³-hybridized carbons (Fsp3) is 0.357. The Balaban J connectivity index is 1.61. The minimum atomic E-state index is -0.0149. The smallest absolute Gasteiger partial charge is 0.236 e. The van der Waals surface area contributed by atoms with Crippen molar-refractivity contribution in [2.75, 3.05) is 23.7 Å². The second-order valence-electron chi connectivity index (χ2n) is 4.77. The molecule has 1 aromatic carbocycles. The molecule has 0 aromatic heterocycles. The van der Waals surface area contributed by atoms with Gasteiger partial charge in [0.05, 0.1) is 12.0 Å². The SMILES string of the molecule is O=C1CSC(=NN=Cc2ccc(N3CCCC3)cc2)N1. The molecule has 0 aliphatic carbocycles. The van der Waals surface area contributed by atoms with E-state index in [4.69, 9.17) is 0 Å². The zero-order valence-electron chi connectivity index (χ0n) is 11.1. The van der Waals surface area contributed by atoms with Gasteiger partial charge in [-0.3, -0.25) is 4.79 Å². The summed E-state index contributed by atoms with van der Waals surface area (Å²) < 4.78 is 0. The minimum absolute atomic E-state index is 0.0149. The average Bonchev–Trinajstić information content (AvgIpc) is 3.11. The maximum absolute atomic E-state index is 11.0. The average molecular weight is 288 g/mol. The van der Waals surface area contributed by atoms with Crippen LogP contribution in [0.25, 0.3) is 0 Å². The summed E-state index contributed by atoms with van der Waals surface area (Å²) in [5.41, 5.74) is 2.27. The summed E-state index contributed by atoms with van der Waals surface area (Å²) in [6, 6.07) is 8.31. The van der Waals surface area contributed by atoms with E-state index in [1.165, 1.54) is 30.3 Å². The van der Waals surface area contributed by atoms with Gasteiger partial charge in [-0.05, 0) is 30.5 Å². The van der Waals surface area contributed by atoms with Crippen LogP contribution in [0.1, 0.15) is 18.4 Å². The molecule has 1 amide bonds. The Kier molecular flexibility index (Phi) is 4.01. The van der Waals surface area contributed by atoms with Crippen molar-refractivity contribution >= 4 is 34.7 Å². The summed E-state index contributed by atoms with van der Waals surface area (Å²) in [7, 11) is 0. The fourth-order valence-corrected chi connectivity index (χ4v) is 2.90. The number of rotatable bonds is 3. The van der Waals surface area contributed by atoms with E-state index in [1.54, 1.807) is 6.21 Å². The van der Waals surface area contributed by atoms with Crippen LogP contribution in [0.5, 0.6) is 0 Å². The molecule has 0 saturated carbocycles. The lowest BCUT2D eigenvalue weighted by Crippen LogP contribution is -2.19. The fourth-order valence-electron chi connectivity index (χ4n) is 2.27. The molecule has 1 aromatic rings. The van der Waals surface area contributed by atoms with E-state index in [-0.39, 0.29) is 5.91 Å². The van der Waals surface area contributed by atoms with Crippen molar-refractivity contribution in [3.8, 4) is 0 Å². The predicted octanol–water partition coefficient (Wildman–Crippen LogP) is 1.84. The molecule has 2 aliphatic rings. The highest BCUT2D eigenvalue weighted by molar-refractivity contribution is 8.15. The number of hydrogen-bond acceptors (Lipinski definition) is 5. The number of nitrogens with zero attached hydrogens (tertiary/aromatic N) is 3. The third-order valence-corrected chi connectivity index (χ3v) is 4.17. The number of amides is 1. The van der Waals surface area contributed by atoms with Gasteiger partial charge in [-0.2, -0.15) is 5.10 Å². The van der Waals surface area contributed by atoms with E-state index in [2.05, 4.69) is 32.6 Å². The molecule has 0 radical (unpaired) electrons. The Morgan fingerprint density at radius 3 is 2.60 bits per heavy atom. The van der Waals surface area contributed by atoms with Crippen LogP contribution in [0.2, 0.25) is 0 Å². The summed E-state index contributed by atoms with van der Waals surface area (Å²) in [4.78, 5) is 13.4. The van der Waals surface area contributed by atoms with E-state index >= 15 is 0 Å². The molecule has 3 rings (SSSR count). The second kappa shape index (κ2) is 6.09. The molecular formula is C14H16N4OS. The zero-order valence-corrected chi connectivity index (χ0v) is 11.9. The standard InChI is InChI=1S/C14H16N4OS/c19-13-10-20-14(16-13)17-15-9-11-3-5-12(6-4-11)18-7-1-2-8-18/h3-6,9H,1-2,7-8,10H2,(H,16,17,19). The highest BCUT2D eigenvalue weighted by Gasteiger charge is 2.16. The van der Waals surface area contributed by atoms with Crippen LogP contribution in [0.3, 0.4) is 0 Å². The van der Waals surface area contributed by atoms with Crippen LogP contribution in [0.4, 0.5) is 5.69 Å². The van der Waals surface area contributed by atoms with Gasteiger partial charge >= 0.3 is 0 Å². The Labute approximate surface area is 122 Å². The van der Waals surface area contributed by atoms with Crippen LogP contribution in [-0.2, 0) is 4.79 Å². The number of carbonyl (C=O) groups excluding carboxylic acids is 1. The first-order valence-electron chi connectivity index (χ1n) is 6.70. The molecule has 2 fully saturated rings. The predicted molar refractivity (Wildman–Crippen MR) is 83.5 cm³/mol.